The van der Waals surface area contributed by atoms with Crippen LogP contribution in [0.1, 0.15) is 38.7 Å². The molecular weight excluding hydrogens is 302 g/mol. The van der Waals surface area contributed by atoms with Crippen LogP contribution in [0.4, 0.5) is 4.79 Å². The number of benzene rings is 1. The van der Waals surface area contributed by atoms with Gasteiger partial charge in [-0.25, -0.2) is 4.79 Å². The molecule has 0 aliphatic carbocycles. The van der Waals surface area contributed by atoms with E-state index in [1.165, 1.54) is 0 Å². The highest BCUT2D eigenvalue weighted by Gasteiger charge is 2.35. The highest BCUT2D eigenvalue weighted by Crippen LogP contribution is 2.32. The number of nitrogens with one attached hydrogen (secondary N) is 1. The molecule has 134 valence electrons. The first-order valence-electron chi connectivity index (χ1n) is 8.97. The molecule has 0 bridgehead atoms. The van der Waals surface area contributed by atoms with Gasteiger partial charge in [0.25, 0.3) is 0 Å². The lowest BCUT2D eigenvalue weighted by molar-refractivity contribution is -0.0168. The Labute approximate surface area is 145 Å². The second-order valence-electron chi connectivity index (χ2n) is 6.83. The van der Waals surface area contributed by atoms with E-state index in [4.69, 9.17) is 0 Å². The molecule has 1 atom stereocenters. The minimum atomic E-state index is -0.809. The van der Waals surface area contributed by atoms with Crippen LogP contribution in [0.25, 0.3) is 0 Å². The van der Waals surface area contributed by atoms with Crippen LogP contribution in [0.15, 0.2) is 30.3 Å². The number of likely N-dealkylation sites (tertiary alicyclic amines) is 1. The van der Waals surface area contributed by atoms with E-state index in [1.54, 1.807) is 0 Å². The minimum Gasteiger partial charge on any atom is -0.385 e. The zero-order valence-corrected chi connectivity index (χ0v) is 15.2. The topological polar surface area (TPSA) is 55.8 Å². The highest BCUT2D eigenvalue weighted by atomic mass is 16.3. The van der Waals surface area contributed by atoms with Crippen LogP contribution in [0, 0.1) is 0 Å². The SMILES string of the molecule is CCN(C)C(C)CCNC(=O)N1CCC(O)(c2ccccc2)CC1. The Morgan fingerprint density at radius 1 is 1.33 bits per heavy atom. The number of amides is 2. The molecule has 1 fully saturated rings. The van der Waals surface area contributed by atoms with Crippen molar-refractivity contribution in [2.24, 2.45) is 0 Å². The van der Waals surface area contributed by atoms with Crippen LogP contribution in [0.5, 0.6) is 0 Å². The lowest BCUT2D eigenvalue weighted by atomic mass is 9.84. The number of rotatable bonds is 6. The molecule has 2 N–H and O–H groups in total. The van der Waals surface area contributed by atoms with Gasteiger partial charge in [0.15, 0.2) is 0 Å². The molecule has 24 heavy (non-hydrogen) atoms. The summed E-state index contributed by atoms with van der Waals surface area (Å²) < 4.78 is 0. The first-order chi connectivity index (χ1) is 11.5. The van der Waals surface area contributed by atoms with E-state index >= 15 is 0 Å². The van der Waals surface area contributed by atoms with E-state index in [0.717, 1.165) is 18.5 Å². The van der Waals surface area contributed by atoms with Crippen molar-refractivity contribution >= 4 is 6.03 Å². The number of carbonyl (C=O) groups is 1. The number of piperidine rings is 1. The van der Waals surface area contributed by atoms with Gasteiger partial charge in [-0.2, -0.15) is 0 Å². The van der Waals surface area contributed by atoms with Gasteiger partial charge in [-0.3, -0.25) is 0 Å². The van der Waals surface area contributed by atoms with E-state index in [9.17, 15) is 9.90 Å². The Morgan fingerprint density at radius 3 is 2.54 bits per heavy atom. The first-order valence-corrected chi connectivity index (χ1v) is 8.97. The molecule has 0 aromatic heterocycles. The van der Waals surface area contributed by atoms with Crippen molar-refractivity contribution in [3.63, 3.8) is 0 Å². The summed E-state index contributed by atoms with van der Waals surface area (Å²) in [5.41, 5.74) is 0.137. The molecule has 2 rings (SSSR count). The van der Waals surface area contributed by atoms with Crippen LogP contribution < -0.4 is 5.32 Å². The van der Waals surface area contributed by atoms with E-state index in [1.807, 2.05) is 35.2 Å². The van der Waals surface area contributed by atoms with E-state index < -0.39 is 5.60 Å². The number of hydrogen-bond donors (Lipinski definition) is 2. The van der Waals surface area contributed by atoms with Crippen molar-refractivity contribution in [3.05, 3.63) is 35.9 Å². The van der Waals surface area contributed by atoms with Gasteiger partial charge >= 0.3 is 6.03 Å². The number of nitrogens with zero attached hydrogens (tertiary/aromatic N) is 2. The molecule has 2 amide bonds. The van der Waals surface area contributed by atoms with Gasteiger partial charge < -0.3 is 20.2 Å². The monoisotopic (exact) mass is 333 g/mol. The smallest absolute Gasteiger partial charge is 0.317 e. The lowest BCUT2D eigenvalue weighted by Gasteiger charge is -2.38. The largest absolute Gasteiger partial charge is 0.385 e. The average Bonchev–Trinajstić information content (AvgIpc) is 2.62. The summed E-state index contributed by atoms with van der Waals surface area (Å²) in [6.45, 7) is 7.18. The fourth-order valence-corrected chi connectivity index (χ4v) is 3.15. The molecule has 1 heterocycles. The number of carbonyl (C=O) groups excluding carboxylic acids is 1. The van der Waals surface area contributed by atoms with Crippen molar-refractivity contribution in [1.82, 2.24) is 15.1 Å². The summed E-state index contributed by atoms with van der Waals surface area (Å²) in [5, 5.41) is 13.8. The summed E-state index contributed by atoms with van der Waals surface area (Å²) in [4.78, 5) is 16.4. The number of aliphatic hydroxyl groups is 1. The Balaban J connectivity index is 1.77. The Morgan fingerprint density at radius 2 is 1.96 bits per heavy atom. The van der Waals surface area contributed by atoms with Gasteiger partial charge in [-0.15, -0.1) is 0 Å². The second-order valence-corrected chi connectivity index (χ2v) is 6.83. The minimum absolute atomic E-state index is 0.0172. The molecule has 1 aliphatic rings. The Kier molecular flexibility index (Phi) is 6.63. The maximum atomic E-state index is 12.3. The number of hydrogen-bond acceptors (Lipinski definition) is 3. The predicted molar refractivity (Wildman–Crippen MR) is 96.9 cm³/mol. The van der Waals surface area contributed by atoms with Crippen molar-refractivity contribution < 1.29 is 9.90 Å². The molecule has 5 nitrogen and oxygen atoms in total. The molecule has 1 saturated heterocycles. The molecule has 5 heteroatoms. The molecule has 0 spiro atoms. The lowest BCUT2D eigenvalue weighted by Crippen LogP contribution is -2.49. The highest BCUT2D eigenvalue weighted by molar-refractivity contribution is 5.74. The molecule has 1 aliphatic heterocycles. The summed E-state index contributed by atoms with van der Waals surface area (Å²) in [6, 6.07) is 10.2. The van der Waals surface area contributed by atoms with Crippen molar-refractivity contribution in [1.29, 1.82) is 0 Å². The molecular formula is C19H31N3O2. The predicted octanol–water partition coefficient (Wildman–Crippen LogP) is 2.41. The maximum absolute atomic E-state index is 12.3. The van der Waals surface area contributed by atoms with Gasteiger partial charge in [0.2, 0.25) is 0 Å². The van der Waals surface area contributed by atoms with Crippen molar-refractivity contribution in [3.8, 4) is 0 Å². The molecule has 0 saturated carbocycles. The zero-order valence-electron chi connectivity index (χ0n) is 15.2. The third-order valence-corrected chi connectivity index (χ3v) is 5.28. The Hall–Kier alpha value is -1.59. The van der Waals surface area contributed by atoms with Crippen LogP contribution in [-0.4, -0.2) is 60.2 Å². The fourth-order valence-electron chi connectivity index (χ4n) is 3.15. The van der Waals surface area contributed by atoms with Gasteiger partial charge in [-0.05, 0) is 45.3 Å². The summed E-state index contributed by atoms with van der Waals surface area (Å²) in [6.07, 6.45) is 2.11. The van der Waals surface area contributed by atoms with Gasteiger partial charge in [0.05, 0.1) is 5.60 Å². The van der Waals surface area contributed by atoms with Gasteiger partial charge in [0.1, 0.15) is 0 Å². The van der Waals surface area contributed by atoms with Crippen LogP contribution >= 0.6 is 0 Å². The van der Waals surface area contributed by atoms with Gasteiger partial charge in [0, 0.05) is 25.7 Å². The third kappa shape index (κ3) is 4.71. The van der Waals surface area contributed by atoms with Crippen LogP contribution in [0.3, 0.4) is 0 Å². The maximum Gasteiger partial charge on any atom is 0.317 e. The van der Waals surface area contributed by atoms with E-state index in [-0.39, 0.29) is 6.03 Å². The van der Waals surface area contributed by atoms with E-state index in [2.05, 4.69) is 31.1 Å². The normalized spacial score (nSPS) is 18.5. The van der Waals surface area contributed by atoms with Crippen molar-refractivity contribution in [2.45, 2.75) is 44.8 Å². The summed E-state index contributed by atoms with van der Waals surface area (Å²) >= 11 is 0. The van der Waals surface area contributed by atoms with Gasteiger partial charge in [-0.1, -0.05) is 37.3 Å². The summed E-state index contributed by atoms with van der Waals surface area (Å²) in [5.74, 6) is 0. The second kappa shape index (κ2) is 8.49. The zero-order chi connectivity index (χ0) is 17.6. The Bertz CT molecular complexity index is 513. The standard InChI is InChI=1S/C19H31N3O2/c1-4-21(3)16(2)10-13-20-18(23)22-14-11-19(24,12-15-22)17-8-6-5-7-9-17/h5-9,16,24H,4,10-15H2,1-3H3,(H,20,23). The first kappa shape index (κ1) is 18.7. The third-order valence-electron chi connectivity index (χ3n) is 5.28. The van der Waals surface area contributed by atoms with Crippen LogP contribution in [0.2, 0.25) is 0 Å². The van der Waals surface area contributed by atoms with E-state index in [0.29, 0.717) is 38.5 Å². The molecule has 1 aromatic carbocycles. The molecule has 1 aromatic rings. The average molecular weight is 333 g/mol. The summed E-state index contributed by atoms with van der Waals surface area (Å²) in [7, 11) is 2.10. The van der Waals surface area contributed by atoms with Crippen molar-refractivity contribution in [2.75, 3.05) is 33.2 Å². The van der Waals surface area contributed by atoms with Crippen LogP contribution in [-0.2, 0) is 5.60 Å². The fraction of sp³-hybridized carbons (Fsp3) is 0.632. The quantitative estimate of drug-likeness (QED) is 0.840. The number of urea groups is 1. The molecule has 1 unspecified atom stereocenters. The molecule has 0 radical (unpaired) electrons.